The number of rotatable bonds is 7. The molecule has 1 amide bonds. The number of primary amides is 1. The predicted molar refractivity (Wildman–Crippen MR) is 72.8 cm³/mol. The maximum atomic E-state index is 10.6. The van der Waals surface area contributed by atoms with Gasteiger partial charge in [-0.05, 0) is 24.6 Å². The Hall–Kier alpha value is -2.41. The molecular weight excluding hydrogens is 258 g/mol. The zero-order valence-electron chi connectivity index (χ0n) is 11.2. The van der Waals surface area contributed by atoms with Crippen LogP contribution in [-0.2, 0) is 11.3 Å². The third-order valence-electron chi connectivity index (χ3n) is 2.76. The molecule has 7 heteroatoms. The van der Waals surface area contributed by atoms with Gasteiger partial charge in [0, 0.05) is 6.54 Å². The van der Waals surface area contributed by atoms with Gasteiger partial charge in [0.25, 0.3) is 5.91 Å². The van der Waals surface area contributed by atoms with Gasteiger partial charge >= 0.3 is 0 Å². The van der Waals surface area contributed by atoms with Crippen molar-refractivity contribution in [1.29, 1.82) is 0 Å². The summed E-state index contributed by atoms with van der Waals surface area (Å²) in [5.41, 5.74) is 6.11. The van der Waals surface area contributed by atoms with Crippen LogP contribution >= 0.6 is 0 Å². The third-order valence-corrected chi connectivity index (χ3v) is 2.76. The minimum absolute atomic E-state index is 0.0864. The monoisotopic (exact) mass is 275 g/mol. The highest BCUT2D eigenvalue weighted by Crippen LogP contribution is 2.13. The normalized spacial score (nSPS) is 12.1. The molecule has 0 spiro atoms. The van der Waals surface area contributed by atoms with E-state index in [0.717, 1.165) is 11.4 Å². The van der Waals surface area contributed by atoms with Crippen LogP contribution < -0.4 is 15.8 Å². The molecule has 0 fully saturated rings. The summed E-state index contributed by atoms with van der Waals surface area (Å²) in [6.45, 7) is 2.59. The summed E-state index contributed by atoms with van der Waals surface area (Å²) in [5, 5.41) is 9.96. The Morgan fingerprint density at radius 2 is 2.20 bits per heavy atom. The van der Waals surface area contributed by atoms with Crippen LogP contribution in [-0.4, -0.2) is 27.7 Å². The van der Waals surface area contributed by atoms with Crippen molar-refractivity contribution in [2.45, 2.75) is 19.5 Å². The average molecular weight is 275 g/mol. The minimum Gasteiger partial charge on any atom is -0.484 e. The number of nitrogens with one attached hydrogen (secondary N) is 2. The van der Waals surface area contributed by atoms with E-state index in [1.54, 1.807) is 12.1 Å². The topological polar surface area (TPSA) is 106 Å². The summed E-state index contributed by atoms with van der Waals surface area (Å²) in [4.78, 5) is 14.7. The fraction of sp³-hybridized carbons (Fsp3) is 0.308. The fourth-order valence-corrected chi connectivity index (χ4v) is 1.65. The van der Waals surface area contributed by atoms with Gasteiger partial charge in [0.05, 0.1) is 6.04 Å². The highest BCUT2D eigenvalue weighted by atomic mass is 16.5. The Bertz CT molecular complexity index is 538. The van der Waals surface area contributed by atoms with Crippen LogP contribution in [0, 0.1) is 0 Å². The van der Waals surface area contributed by atoms with Crippen LogP contribution in [0.1, 0.15) is 24.4 Å². The molecule has 2 aromatic rings. The molecule has 0 aliphatic carbocycles. The summed E-state index contributed by atoms with van der Waals surface area (Å²) >= 11 is 0. The van der Waals surface area contributed by atoms with Crippen molar-refractivity contribution in [3.63, 3.8) is 0 Å². The van der Waals surface area contributed by atoms with E-state index in [0.29, 0.717) is 12.3 Å². The van der Waals surface area contributed by atoms with Gasteiger partial charge in [-0.3, -0.25) is 9.89 Å². The molecular formula is C13H17N5O2. The molecule has 2 rings (SSSR count). The second kappa shape index (κ2) is 6.67. The fourth-order valence-electron chi connectivity index (χ4n) is 1.65. The number of hydrogen-bond acceptors (Lipinski definition) is 5. The summed E-state index contributed by atoms with van der Waals surface area (Å²) in [6, 6.07) is 7.55. The van der Waals surface area contributed by atoms with E-state index in [2.05, 4.69) is 20.5 Å². The zero-order chi connectivity index (χ0) is 14.4. The standard InChI is InChI=1S/C13H17N5O2/c1-9(13-16-8-17-18-13)15-6-10-2-4-11(5-3-10)20-7-12(14)19/h2-5,8-9,15H,6-7H2,1H3,(H2,14,19)(H,16,17,18). The number of hydrogen-bond donors (Lipinski definition) is 3. The quantitative estimate of drug-likeness (QED) is 0.683. The number of ether oxygens (including phenoxy) is 1. The molecule has 0 saturated heterocycles. The number of carbonyl (C=O) groups excluding carboxylic acids is 1. The maximum absolute atomic E-state index is 10.6. The van der Waals surface area contributed by atoms with Crippen LogP contribution in [0.5, 0.6) is 5.75 Å². The van der Waals surface area contributed by atoms with Gasteiger partial charge < -0.3 is 15.8 Å². The third kappa shape index (κ3) is 4.06. The lowest BCUT2D eigenvalue weighted by Gasteiger charge is -2.11. The molecule has 20 heavy (non-hydrogen) atoms. The molecule has 0 bridgehead atoms. The van der Waals surface area contributed by atoms with Crippen molar-refractivity contribution in [2.75, 3.05) is 6.61 Å². The molecule has 1 atom stereocenters. The molecule has 4 N–H and O–H groups in total. The van der Waals surface area contributed by atoms with Gasteiger partial charge in [-0.15, -0.1) is 0 Å². The summed E-state index contributed by atoms with van der Waals surface area (Å²) in [6.07, 6.45) is 1.48. The number of nitrogens with zero attached hydrogens (tertiary/aromatic N) is 2. The van der Waals surface area contributed by atoms with Gasteiger partial charge in [0.2, 0.25) is 0 Å². The van der Waals surface area contributed by atoms with Gasteiger partial charge in [0.1, 0.15) is 17.9 Å². The number of amides is 1. The van der Waals surface area contributed by atoms with Gasteiger partial charge in [-0.1, -0.05) is 12.1 Å². The number of aromatic nitrogens is 3. The van der Waals surface area contributed by atoms with E-state index in [-0.39, 0.29) is 12.6 Å². The molecule has 1 heterocycles. The first-order valence-electron chi connectivity index (χ1n) is 6.24. The average Bonchev–Trinajstić information content (AvgIpc) is 2.98. The zero-order valence-corrected chi connectivity index (χ0v) is 11.2. The number of benzene rings is 1. The Kier molecular flexibility index (Phi) is 4.67. The maximum Gasteiger partial charge on any atom is 0.255 e. The van der Waals surface area contributed by atoms with Gasteiger partial charge in [0.15, 0.2) is 6.61 Å². The molecule has 1 unspecified atom stereocenters. The van der Waals surface area contributed by atoms with E-state index in [1.165, 1.54) is 6.33 Å². The Balaban J connectivity index is 1.83. The number of aromatic amines is 1. The van der Waals surface area contributed by atoms with Crippen molar-refractivity contribution in [2.24, 2.45) is 5.73 Å². The van der Waals surface area contributed by atoms with Gasteiger partial charge in [-0.2, -0.15) is 5.10 Å². The van der Waals surface area contributed by atoms with E-state index >= 15 is 0 Å². The van der Waals surface area contributed by atoms with Crippen LogP contribution in [0.2, 0.25) is 0 Å². The first-order chi connectivity index (χ1) is 9.65. The van der Waals surface area contributed by atoms with Crippen molar-refractivity contribution < 1.29 is 9.53 Å². The second-order valence-electron chi connectivity index (χ2n) is 4.37. The molecule has 1 aromatic carbocycles. The summed E-state index contributed by atoms with van der Waals surface area (Å²) in [7, 11) is 0. The largest absolute Gasteiger partial charge is 0.484 e. The van der Waals surface area contributed by atoms with Crippen LogP contribution in [0.3, 0.4) is 0 Å². The number of carbonyl (C=O) groups is 1. The first-order valence-corrected chi connectivity index (χ1v) is 6.24. The summed E-state index contributed by atoms with van der Waals surface area (Å²) in [5.74, 6) is 0.930. The lowest BCUT2D eigenvalue weighted by molar-refractivity contribution is -0.119. The number of H-pyrrole nitrogens is 1. The van der Waals surface area contributed by atoms with Crippen molar-refractivity contribution in [3.8, 4) is 5.75 Å². The lowest BCUT2D eigenvalue weighted by atomic mass is 10.2. The Morgan fingerprint density at radius 3 is 2.80 bits per heavy atom. The molecule has 7 nitrogen and oxygen atoms in total. The van der Waals surface area contributed by atoms with Crippen molar-refractivity contribution in [1.82, 2.24) is 20.5 Å². The lowest BCUT2D eigenvalue weighted by Crippen LogP contribution is -2.20. The van der Waals surface area contributed by atoms with Crippen molar-refractivity contribution in [3.05, 3.63) is 42.0 Å². The smallest absolute Gasteiger partial charge is 0.255 e. The van der Waals surface area contributed by atoms with Crippen molar-refractivity contribution >= 4 is 5.91 Å². The van der Waals surface area contributed by atoms with E-state index in [4.69, 9.17) is 10.5 Å². The Labute approximate surface area is 116 Å². The molecule has 0 radical (unpaired) electrons. The highest BCUT2D eigenvalue weighted by Gasteiger charge is 2.07. The second-order valence-corrected chi connectivity index (χ2v) is 4.37. The number of nitrogens with two attached hydrogens (primary N) is 1. The highest BCUT2D eigenvalue weighted by molar-refractivity contribution is 5.75. The van der Waals surface area contributed by atoms with E-state index in [1.807, 2.05) is 19.1 Å². The molecule has 0 aliphatic heterocycles. The summed E-state index contributed by atoms with van der Waals surface area (Å²) < 4.78 is 5.19. The molecule has 106 valence electrons. The van der Waals surface area contributed by atoms with E-state index in [9.17, 15) is 4.79 Å². The SMILES string of the molecule is CC(NCc1ccc(OCC(N)=O)cc1)c1ncn[nH]1. The van der Waals surface area contributed by atoms with Crippen LogP contribution in [0.4, 0.5) is 0 Å². The first kappa shape index (κ1) is 14.0. The van der Waals surface area contributed by atoms with Gasteiger partial charge in [-0.25, -0.2) is 4.98 Å². The molecule has 1 aromatic heterocycles. The molecule has 0 aliphatic rings. The van der Waals surface area contributed by atoms with Crippen LogP contribution in [0.25, 0.3) is 0 Å². The van der Waals surface area contributed by atoms with Crippen LogP contribution in [0.15, 0.2) is 30.6 Å². The van der Waals surface area contributed by atoms with E-state index < -0.39 is 5.91 Å². The minimum atomic E-state index is -0.489. The molecule has 0 saturated carbocycles. The predicted octanol–water partition coefficient (Wildman–Crippen LogP) is 0.520. The Morgan fingerprint density at radius 1 is 1.45 bits per heavy atom.